The normalized spacial score (nSPS) is 26.2. The predicted octanol–water partition coefficient (Wildman–Crippen LogP) is 4.95. The molecular weight excluding hydrogens is 647 g/mol. The number of nitrogens with zero attached hydrogens (tertiary/aromatic N) is 2. The van der Waals surface area contributed by atoms with Gasteiger partial charge in [-0.25, -0.2) is 9.37 Å². The molecule has 0 saturated carbocycles. The number of rotatable bonds is 7. The highest BCUT2D eigenvalue weighted by molar-refractivity contribution is 14.2. The van der Waals surface area contributed by atoms with Gasteiger partial charge >= 0.3 is 0 Å². The van der Waals surface area contributed by atoms with Gasteiger partial charge in [-0.15, -0.1) is 0 Å². The molecule has 0 radical (unpaired) electrons. The molecule has 3 fully saturated rings. The second kappa shape index (κ2) is 11.2. The number of aliphatic hydroxyl groups excluding tert-OH is 1. The van der Waals surface area contributed by atoms with Gasteiger partial charge in [-0.1, -0.05) is 36.4 Å². The van der Waals surface area contributed by atoms with Crippen molar-refractivity contribution >= 4 is 39.4 Å². The van der Waals surface area contributed by atoms with Gasteiger partial charge in [0.1, 0.15) is 35.9 Å². The summed E-state index contributed by atoms with van der Waals surface area (Å²) in [6.45, 7) is 2.44. The molecule has 0 aliphatic carbocycles. The number of pyridine rings is 1. The summed E-state index contributed by atoms with van der Waals surface area (Å²) in [5.74, 6) is 1.05. The number of aromatic nitrogens is 2. The van der Waals surface area contributed by atoms with Gasteiger partial charge in [0.15, 0.2) is 17.8 Å². The van der Waals surface area contributed by atoms with E-state index in [0.717, 1.165) is 36.4 Å². The minimum atomic E-state index is -0.645. The molecule has 208 valence electrons. The summed E-state index contributed by atoms with van der Waals surface area (Å²) in [5.41, 5.74) is 4.40. The number of ether oxygens (including phenoxy) is 4. The first kappa shape index (κ1) is 26.6. The van der Waals surface area contributed by atoms with Crippen LogP contribution < -0.4 is 14.8 Å². The Bertz CT molecular complexity index is 1510. The van der Waals surface area contributed by atoms with Crippen molar-refractivity contribution in [1.29, 1.82) is 0 Å². The van der Waals surface area contributed by atoms with Crippen LogP contribution in [-0.2, 0) is 9.47 Å². The summed E-state index contributed by atoms with van der Waals surface area (Å²) >= 11 is 2.25. The smallest absolute Gasteiger partial charge is 0.200 e. The van der Waals surface area contributed by atoms with E-state index in [4.69, 9.17) is 23.9 Å². The van der Waals surface area contributed by atoms with Crippen LogP contribution in [0.15, 0.2) is 60.7 Å². The minimum absolute atomic E-state index is 0.223. The molecule has 8 nitrogen and oxygen atoms in total. The molecule has 11 heteroatoms. The summed E-state index contributed by atoms with van der Waals surface area (Å²) in [6.07, 6.45) is -0.178. The zero-order chi connectivity index (χ0) is 27.2. The van der Waals surface area contributed by atoms with Gasteiger partial charge in [-0.2, -0.15) is 0 Å². The SMILES string of the molecule is O[C@@H]1CO[C@H]2C1OC[C@H]2Oc1cc2nc(-c3ccc(-c4ccc(OC5CCNC5)cc4)cc3)c(F)cc2n1PI. The van der Waals surface area contributed by atoms with Crippen LogP contribution in [0.3, 0.4) is 0 Å². The molecular formula is C29H28FIN3O5P. The van der Waals surface area contributed by atoms with Crippen LogP contribution in [0, 0.1) is 5.82 Å². The van der Waals surface area contributed by atoms with E-state index in [-0.39, 0.29) is 37.4 Å². The third-order valence-electron chi connectivity index (χ3n) is 7.71. The van der Waals surface area contributed by atoms with Gasteiger partial charge in [-0.05, 0) is 58.3 Å². The highest BCUT2D eigenvalue weighted by Gasteiger charge is 2.48. The maximum absolute atomic E-state index is 15.4. The van der Waals surface area contributed by atoms with E-state index in [1.807, 2.05) is 58.9 Å². The summed E-state index contributed by atoms with van der Waals surface area (Å²) in [7, 11) is 0. The van der Waals surface area contributed by atoms with Gasteiger partial charge in [0, 0.05) is 24.2 Å². The zero-order valence-electron chi connectivity index (χ0n) is 21.4. The zero-order valence-corrected chi connectivity index (χ0v) is 24.6. The summed E-state index contributed by atoms with van der Waals surface area (Å²) in [5, 5.41) is 13.3. The lowest BCUT2D eigenvalue weighted by Crippen LogP contribution is -2.34. The topological polar surface area (TPSA) is 87.0 Å². The Morgan fingerprint density at radius 3 is 2.42 bits per heavy atom. The Morgan fingerprint density at radius 2 is 1.70 bits per heavy atom. The quantitative estimate of drug-likeness (QED) is 0.212. The van der Waals surface area contributed by atoms with Gasteiger partial charge in [0.2, 0.25) is 0 Å². The van der Waals surface area contributed by atoms with Crippen LogP contribution in [0.2, 0.25) is 0 Å². The maximum atomic E-state index is 15.4. The second-order valence-electron chi connectivity index (χ2n) is 10.3. The van der Waals surface area contributed by atoms with Crippen LogP contribution >= 0.6 is 28.4 Å². The molecule has 0 amide bonds. The molecule has 3 aliphatic rings. The average molecular weight is 675 g/mol. The van der Waals surface area contributed by atoms with Crippen molar-refractivity contribution in [3.05, 3.63) is 66.5 Å². The van der Waals surface area contributed by atoms with Crippen molar-refractivity contribution in [2.24, 2.45) is 0 Å². The molecule has 5 heterocycles. The number of hydrogen-bond donors (Lipinski definition) is 2. The van der Waals surface area contributed by atoms with Crippen LogP contribution in [0.5, 0.6) is 11.6 Å². The van der Waals surface area contributed by atoms with E-state index in [2.05, 4.69) is 27.4 Å². The molecule has 0 spiro atoms. The Labute approximate surface area is 245 Å². The van der Waals surface area contributed by atoms with Gasteiger partial charge in [-0.3, -0.25) is 4.34 Å². The predicted molar refractivity (Wildman–Crippen MR) is 160 cm³/mol. The molecule has 4 aromatic rings. The first-order chi connectivity index (χ1) is 19.6. The van der Waals surface area contributed by atoms with Gasteiger partial charge in [0.05, 0.1) is 30.6 Å². The number of halogens is 2. The van der Waals surface area contributed by atoms with E-state index < -0.39 is 11.9 Å². The Hall–Kier alpha value is -2.34. The lowest BCUT2D eigenvalue weighted by Gasteiger charge is -2.18. The maximum Gasteiger partial charge on any atom is 0.200 e. The van der Waals surface area contributed by atoms with Crippen molar-refractivity contribution < 1.29 is 28.4 Å². The van der Waals surface area contributed by atoms with E-state index in [1.54, 1.807) is 0 Å². The fourth-order valence-corrected chi connectivity index (χ4v) is 7.59. The van der Waals surface area contributed by atoms with E-state index >= 15 is 4.39 Å². The van der Waals surface area contributed by atoms with Crippen molar-refractivity contribution in [2.45, 2.75) is 36.9 Å². The number of fused-ring (bicyclic) bond motifs is 2. The summed E-state index contributed by atoms with van der Waals surface area (Å²) in [4.78, 5) is 4.69. The van der Waals surface area contributed by atoms with Crippen molar-refractivity contribution in [3.63, 3.8) is 0 Å². The molecule has 6 atom stereocenters. The minimum Gasteiger partial charge on any atom is -0.489 e. The van der Waals surface area contributed by atoms with Gasteiger partial charge < -0.3 is 29.4 Å². The lowest BCUT2D eigenvalue weighted by atomic mass is 10.0. The molecule has 2 aromatic heterocycles. The fourth-order valence-electron chi connectivity index (χ4n) is 5.62. The Balaban J connectivity index is 1.11. The van der Waals surface area contributed by atoms with Crippen LogP contribution in [0.25, 0.3) is 33.4 Å². The van der Waals surface area contributed by atoms with Crippen LogP contribution in [0.4, 0.5) is 4.39 Å². The van der Waals surface area contributed by atoms with Crippen LogP contribution in [0.1, 0.15) is 6.42 Å². The lowest BCUT2D eigenvalue weighted by molar-refractivity contribution is 0.00776. The van der Waals surface area contributed by atoms with E-state index in [0.29, 0.717) is 34.8 Å². The Kier molecular flexibility index (Phi) is 7.40. The molecule has 2 N–H and O–H groups in total. The molecule has 2 aromatic carbocycles. The standard InChI is InChI=1S/C29H28FIN3O5P/c30-21-11-23-22(12-26(34(23)40-31)39-25-15-37-28-24(35)14-36-29(25)28)33-27(21)18-3-1-16(2-4-18)17-5-7-19(8-6-17)38-20-9-10-32-13-20/h1-8,11-12,20,24-25,28-29,32,35,40H,9-10,13-15H2/t20?,24-,25-,28?,29-/m1/s1. The number of aliphatic hydroxyl groups is 1. The second-order valence-corrected chi connectivity index (χ2v) is 12.3. The largest absolute Gasteiger partial charge is 0.489 e. The summed E-state index contributed by atoms with van der Waals surface area (Å²) < 4.78 is 41.0. The molecule has 0 bridgehead atoms. The number of nitrogens with one attached hydrogen (secondary N) is 1. The average Bonchev–Trinajstić information content (AvgIpc) is 3.76. The van der Waals surface area contributed by atoms with Gasteiger partial charge in [0.25, 0.3) is 0 Å². The number of benzene rings is 2. The molecule has 40 heavy (non-hydrogen) atoms. The first-order valence-electron chi connectivity index (χ1n) is 13.3. The monoisotopic (exact) mass is 675 g/mol. The highest BCUT2D eigenvalue weighted by Crippen LogP contribution is 2.40. The third kappa shape index (κ3) is 4.99. The fraction of sp³-hybridized carbons (Fsp3) is 0.345. The van der Waals surface area contributed by atoms with Crippen molar-refractivity contribution in [2.75, 3.05) is 26.3 Å². The first-order valence-corrected chi connectivity index (χ1v) is 17.4. The molecule has 3 unspecified atom stereocenters. The van der Waals surface area contributed by atoms with Crippen LogP contribution in [-0.4, -0.2) is 71.3 Å². The van der Waals surface area contributed by atoms with Crippen molar-refractivity contribution in [3.8, 4) is 34.0 Å². The van der Waals surface area contributed by atoms with E-state index in [1.165, 1.54) is 6.07 Å². The Morgan fingerprint density at radius 1 is 0.975 bits per heavy atom. The number of hydrogen-bond acceptors (Lipinski definition) is 7. The third-order valence-corrected chi connectivity index (χ3v) is 9.79. The molecule has 7 rings (SSSR count). The molecule has 3 aliphatic heterocycles. The van der Waals surface area contributed by atoms with Crippen molar-refractivity contribution in [1.82, 2.24) is 14.6 Å². The highest BCUT2D eigenvalue weighted by atomic mass is 127. The summed E-state index contributed by atoms with van der Waals surface area (Å²) in [6, 6.07) is 19.2. The van der Waals surface area contributed by atoms with E-state index in [9.17, 15) is 5.11 Å². The molecule has 3 saturated heterocycles.